The normalized spacial score (nSPS) is 12.8. The Morgan fingerprint density at radius 1 is 0.333 bits per heavy atom. The van der Waals surface area contributed by atoms with Crippen molar-refractivity contribution in [2.45, 2.75) is 219 Å². The second kappa shape index (κ2) is 29.7. The van der Waals surface area contributed by atoms with E-state index >= 15 is 0 Å². The molecule has 0 saturated heterocycles. The van der Waals surface area contributed by atoms with Crippen LogP contribution >= 0.6 is 7.06 Å². The topological polar surface area (TPSA) is 40.5 Å². The first-order valence-corrected chi connectivity index (χ1v) is 23.1. The van der Waals surface area contributed by atoms with E-state index < -0.39 is 7.06 Å². The fraction of sp³-hybridized carbons (Fsp3) is 0.857. The average Bonchev–Trinajstić information content (AvgIpc) is 3.05. The third-order valence-electron chi connectivity index (χ3n) is 10.3. The molecule has 0 heterocycles. The van der Waals surface area contributed by atoms with Gasteiger partial charge in [0.25, 0.3) is 0 Å². The van der Waals surface area contributed by atoms with Gasteiger partial charge in [0.05, 0.1) is 0 Å². The van der Waals surface area contributed by atoms with Gasteiger partial charge in [0.1, 0.15) is 0 Å². The molecular weight excluding hydrogens is 567 g/mol. The van der Waals surface area contributed by atoms with Gasteiger partial charge in [-0.15, -0.1) is 0 Å². The minimum absolute atomic E-state index is 0.576. The number of unbranched alkanes of at least 4 members (excludes halogenated alkanes) is 30. The summed E-state index contributed by atoms with van der Waals surface area (Å²) in [6, 6.07) is 9.88. The molecule has 0 unspecified atom stereocenters. The van der Waals surface area contributed by atoms with Gasteiger partial charge in [0.2, 0.25) is 0 Å². The van der Waals surface area contributed by atoms with Gasteiger partial charge in [0, 0.05) is 0 Å². The van der Waals surface area contributed by atoms with Crippen LogP contribution < -0.4 is 5.30 Å². The van der Waals surface area contributed by atoms with E-state index in [0.29, 0.717) is 12.3 Å². The van der Waals surface area contributed by atoms with Gasteiger partial charge in [-0.1, -0.05) is 78.1 Å². The number of hydrogen-bond donors (Lipinski definition) is 2. The summed E-state index contributed by atoms with van der Waals surface area (Å²) >= 11 is 0. The summed E-state index contributed by atoms with van der Waals surface area (Å²) in [7, 11) is -3.83. The van der Waals surface area contributed by atoms with Crippen LogP contribution in [0.4, 0.5) is 0 Å². The molecule has 2 N–H and O–H groups in total. The van der Waals surface area contributed by atoms with Gasteiger partial charge in [-0.25, -0.2) is 0 Å². The summed E-state index contributed by atoms with van der Waals surface area (Å²) in [5, 5.41) is 0.811. The molecule has 0 radical (unpaired) electrons. The van der Waals surface area contributed by atoms with Crippen molar-refractivity contribution in [2.24, 2.45) is 0 Å². The van der Waals surface area contributed by atoms with E-state index in [2.05, 4.69) is 13.8 Å². The third-order valence-corrected chi connectivity index (χ3v) is 14.3. The molecule has 0 bridgehead atoms. The predicted octanol–water partition coefficient (Wildman–Crippen LogP) is 14.2. The first-order valence-electron chi connectivity index (χ1n) is 20.6. The van der Waals surface area contributed by atoms with Crippen LogP contribution in [0.15, 0.2) is 30.3 Å². The van der Waals surface area contributed by atoms with Crippen molar-refractivity contribution >= 4 is 12.4 Å². The predicted molar refractivity (Wildman–Crippen MR) is 206 cm³/mol. The molecule has 0 atom stereocenters. The molecule has 266 valence electrons. The molecule has 45 heavy (non-hydrogen) atoms. The minimum atomic E-state index is -3.83. The Kier molecular flexibility index (Phi) is 28.1. The third kappa shape index (κ3) is 24.4. The molecule has 0 saturated carbocycles. The Labute approximate surface area is 283 Å². The summed E-state index contributed by atoms with van der Waals surface area (Å²) in [6.45, 7) is 4.58. The second-order valence-electron chi connectivity index (χ2n) is 14.8. The summed E-state index contributed by atoms with van der Waals surface area (Å²) in [6.07, 6.45) is 44.1. The summed E-state index contributed by atoms with van der Waals surface area (Å²) in [5.74, 6) is 0. The molecular formula is C42H81O2P. The summed E-state index contributed by atoms with van der Waals surface area (Å²) in [5.41, 5.74) is 0. The number of benzene rings is 1. The van der Waals surface area contributed by atoms with Crippen LogP contribution in [0.3, 0.4) is 0 Å². The molecule has 0 aromatic heterocycles. The Hall–Kier alpha value is -0.430. The first-order chi connectivity index (χ1) is 22.0. The average molecular weight is 649 g/mol. The van der Waals surface area contributed by atoms with Crippen LogP contribution in [0.5, 0.6) is 0 Å². The zero-order chi connectivity index (χ0) is 32.6. The van der Waals surface area contributed by atoms with E-state index in [1.165, 1.54) is 180 Å². The zero-order valence-corrected chi connectivity index (χ0v) is 31.7. The fourth-order valence-corrected chi connectivity index (χ4v) is 10.5. The Morgan fingerprint density at radius 2 is 0.556 bits per heavy atom. The maximum atomic E-state index is 11.9. The van der Waals surface area contributed by atoms with Gasteiger partial charge in [0.15, 0.2) is 0 Å². The van der Waals surface area contributed by atoms with Crippen molar-refractivity contribution in [1.29, 1.82) is 0 Å². The van der Waals surface area contributed by atoms with Crippen molar-refractivity contribution in [1.82, 2.24) is 0 Å². The van der Waals surface area contributed by atoms with E-state index in [4.69, 9.17) is 0 Å². The molecule has 0 aliphatic carbocycles. The molecule has 3 heteroatoms. The molecule has 2 nitrogen and oxygen atoms in total. The van der Waals surface area contributed by atoms with E-state index in [-0.39, 0.29) is 0 Å². The van der Waals surface area contributed by atoms with Gasteiger partial charge in [-0.05, 0) is 0 Å². The standard InChI is InChI=1S/C42H81O2P/c1-3-5-7-9-11-13-15-17-19-21-23-25-27-29-31-36-40-45(43,44,42-38-34-33-35-39-42)41-37-32-30-28-26-24-22-20-18-16-14-12-10-8-6-4-2/h33-35,38-39,43-44H,3-32,36-37,40-41H2,1-2H3. The molecule has 0 spiro atoms. The fourth-order valence-electron chi connectivity index (χ4n) is 7.13. The van der Waals surface area contributed by atoms with Crippen molar-refractivity contribution in [3.05, 3.63) is 30.3 Å². The van der Waals surface area contributed by atoms with Crippen molar-refractivity contribution in [3.8, 4) is 0 Å². The van der Waals surface area contributed by atoms with Gasteiger partial charge < -0.3 is 0 Å². The zero-order valence-electron chi connectivity index (χ0n) is 30.8. The Bertz CT molecular complexity index is 693. The number of rotatable bonds is 35. The summed E-state index contributed by atoms with van der Waals surface area (Å²) < 4.78 is 0. The quantitative estimate of drug-likeness (QED) is 0.0568. The SMILES string of the molecule is CCCCCCCCCCCCCCCCCCP(O)(O)(CCCCCCCCCCCCCCCCCC)c1ccccc1. The van der Waals surface area contributed by atoms with Crippen molar-refractivity contribution < 1.29 is 9.79 Å². The molecule has 0 fully saturated rings. The van der Waals surface area contributed by atoms with Gasteiger partial charge in [-0.3, -0.25) is 0 Å². The van der Waals surface area contributed by atoms with Crippen LogP contribution in [0.1, 0.15) is 219 Å². The Morgan fingerprint density at radius 3 is 0.800 bits per heavy atom. The van der Waals surface area contributed by atoms with E-state index in [1.54, 1.807) is 0 Å². The number of hydrogen-bond acceptors (Lipinski definition) is 2. The molecule has 0 aliphatic heterocycles. The van der Waals surface area contributed by atoms with Gasteiger partial charge in [-0.2, -0.15) is 0 Å². The first kappa shape index (κ1) is 42.6. The molecule has 0 aliphatic rings. The summed E-state index contributed by atoms with van der Waals surface area (Å²) in [4.78, 5) is 23.7. The van der Waals surface area contributed by atoms with Crippen LogP contribution in [0, 0.1) is 0 Å². The van der Waals surface area contributed by atoms with E-state index in [0.717, 1.165) is 31.0 Å². The van der Waals surface area contributed by atoms with Gasteiger partial charge >= 0.3 is 206 Å². The monoisotopic (exact) mass is 649 g/mol. The molecule has 1 aromatic rings. The molecule has 0 amide bonds. The van der Waals surface area contributed by atoms with Crippen LogP contribution in [0.2, 0.25) is 0 Å². The molecule has 1 rings (SSSR count). The Balaban J connectivity index is 2.11. The maximum absolute atomic E-state index is 11.9. The van der Waals surface area contributed by atoms with Crippen LogP contribution in [-0.2, 0) is 0 Å². The van der Waals surface area contributed by atoms with Crippen molar-refractivity contribution in [2.75, 3.05) is 12.3 Å². The van der Waals surface area contributed by atoms with Crippen molar-refractivity contribution in [3.63, 3.8) is 0 Å². The van der Waals surface area contributed by atoms with E-state index in [9.17, 15) is 9.79 Å². The van der Waals surface area contributed by atoms with Crippen LogP contribution in [-0.4, -0.2) is 22.1 Å². The van der Waals surface area contributed by atoms with Crippen LogP contribution in [0.25, 0.3) is 0 Å². The molecule has 1 aromatic carbocycles. The second-order valence-corrected chi connectivity index (χ2v) is 19.0. The van der Waals surface area contributed by atoms with E-state index in [1.807, 2.05) is 30.3 Å².